The van der Waals surface area contributed by atoms with Crippen molar-refractivity contribution in [2.45, 2.75) is 0 Å². The topological polar surface area (TPSA) is 56.7 Å². The summed E-state index contributed by atoms with van der Waals surface area (Å²) in [5.74, 6) is 0.567. The van der Waals surface area contributed by atoms with Gasteiger partial charge in [-0.25, -0.2) is 15.0 Å². The average Bonchev–Trinajstić information content (AvgIpc) is 3.91. The van der Waals surface area contributed by atoms with Crippen LogP contribution >= 0.6 is 11.3 Å². The van der Waals surface area contributed by atoms with Crippen LogP contribution in [0.2, 0.25) is 0 Å². The fourth-order valence-corrected chi connectivity index (χ4v) is 8.45. The monoisotopic (exact) mass is 675 g/mol. The number of hydrogen-bond donors (Lipinski definition) is 0. The number of benzene rings is 7. The van der Waals surface area contributed by atoms with Gasteiger partial charge in [-0.05, 0) is 42.5 Å². The molecule has 0 bridgehead atoms. The first-order valence-electron chi connectivity index (χ1n) is 19.0. The van der Waals surface area contributed by atoms with Crippen LogP contribution in [0.4, 0.5) is 0 Å². The van der Waals surface area contributed by atoms with E-state index >= 15 is 0 Å². The van der Waals surface area contributed by atoms with E-state index in [9.17, 15) is 0 Å². The Bertz CT molecular complexity index is 3420. The van der Waals surface area contributed by atoms with Crippen molar-refractivity contribution in [3.05, 3.63) is 158 Å². The van der Waals surface area contributed by atoms with E-state index in [0.29, 0.717) is 22.5 Å². The van der Waals surface area contributed by atoms with Gasteiger partial charge in [0.05, 0.1) is 29.0 Å². The van der Waals surface area contributed by atoms with Crippen LogP contribution in [0, 0.1) is 0 Å². The molecule has 11 rings (SSSR count). The third kappa shape index (κ3) is 4.30. The molecule has 4 aromatic heterocycles. The highest BCUT2D eigenvalue weighted by molar-refractivity contribution is 7.26. The highest BCUT2D eigenvalue weighted by Crippen LogP contribution is 2.45. The van der Waals surface area contributed by atoms with Crippen molar-refractivity contribution >= 4 is 75.3 Å². The maximum absolute atomic E-state index is 8.66. The Kier molecular flexibility index (Phi) is 5.08. The molecule has 0 aliphatic rings. The van der Waals surface area contributed by atoms with E-state index in [4.69, 9.17) is 21.2 Å². The largest absolute Gasteiger partial charge is 0.456 e. The summed E-state index contributed by atoms with van der Waals surface area (Å²) in [4.78, 5) is 14.2. The number of thiophene rings is 1. The molecule has 0 fully saturated rings. The van der Waals surface area contributed by atoms with Crippen LogP contribution in [0.5, 0.6) is 0 Å². The van der Waals surface area contributed by atoms with E-state index in [2.05, 4.69) is 76.3 Å². The number of nitrogens with zero attached hydrogens (tertiary/aromatic N) is 4. The van der Waals surface area contributed by atoms with Crippen LogP contribution in [0.15, 0.2) is 162 Å². The summed E-state index contributed by atoms with van der Waals surface area (Å²) in [5.41, 5.74) is 5.82. The molecule has 0 aliphatic carbocycles. The fraction of sp³-hybridized carbons (Fsp3) is 0. The Morgan fingerprint density at radius 1 is 0.510 bits per heavy atom. The second-order valence-electron chi connectivity index (χ2n) is 12.4. The quantitative estimate of drug-likeness (QED) is 0.186. The Hall–Kier alpha value is -6.63. The predicted molar refractivity (Wildman–Crippen MR) is 211 cm³/mol. The molecule has 0 amide bonds. The molecule has 0 aliphatic heterocycles. The molecule has 0 spiro atoms. The minimum absolute atomic E-state index is 0.0172. The van der Waals surface area contributed by atoms with Crippen LogP contribution in [-0.4, -0.2) is 19.5 Å². The molecule has 4 heterocycles. The van der Waals surface area contributed by atoms with Gasteiger partial charge in [0, 0.05) is 53.0 Å². The average molecular weight is 676 g/mol. The molecule has 0 radical (unpaired) electrons. The molecule has 0 saturated carbocycles. The summed E-state index contributed by atoms with van der Waals surface area (Å²) < 4.78 is 53.5. The van der Waals surface area contributed by atoms with Gasteiger partial charge in [0.15, 0.2) is 17.5 Å². The number of furan rings is 1. The molecule has 7 aromatic carbocycles. The van der Waals surface area contributed by atoms with Crippen LogP contribution < -0.4 is 0 Å². The number of rotatable bonds is 4. The zero-order valence-corrected chi connectivity index (χ0v) is 27.5. The van der Waals surface area contributed by atoms with Gasteiger partial charge in [-0.1, -0.05) is 115 Å². The second-order valence-corrected chi connectivity index (χ2v) is 13.5. The predicted octanol–water partition coefficient (Wildman–Crippen LogP) is 12.2. The number of fused-ring (bicyclic) bond motifs is 10. The third-order valence-electron chi connectivity index (χ3n) is 9.54. The van der Waals surface area contributed by atoms with Crippen molar-refractivity contribution in [1.29, 1.82) is 0 Å². The molecule has 51 heavy (non-hydrogen) atoms. The number of hydrogen-bond acceptors (Lipinski definition) is 5. The highest BCUT2D eigenvalue weighted by atomic mass is 32.1. The first kappa shape index (κ1) is 23.7. The van der Waals surface area contributed by atoms with Crippen molar-refractivity contribution < 1.29 is 11.3 Å². The Labute approximate surface area is 302 Å². The molecule has 6 heteroatoms. The van der Waals surface area contributed by atoms with Gasteiger partial charge in [0.1, 0.15) is 11.2 Å². The SMILES string of the molecule is [2H]c1c([2H])c([2H])c(-c2nc(-c3ccccc3)nc(-c3ccc4c(c3)oc3cccc(-n5c6ccccc6c6ccc7sc8ccccc8c7c65)c34)n2)c([2H])c1[2H]. The fourth-order valence-electron chi connectivity index (χ4n) is 7.34. The van der Waals surface area contributed by atoms with E-state index in [1.54, 1.807) is 11.3 Å². The lowest BCUT2D eigenvalue weighted by Crippen LogP contribution is -2.00. The summed E-state index contributed by atoms with van der Waals surface area (Å²) in [5, 5.41) is 6.69. The standard InChI is InChI=1S/C45H26N4OS/c1-3-12-27(13-4-1)43-46-44(28-14-5-2-6-15-28)48-45(47-43)29-22-23-32-37(26-29)50-36-20-11-19-35(40(32)36)49-34-18-9-7-16-30(34)31-24-25-39-41(42(31)49)33-17-8-10-21-38(33)51-39/h1-26H/i1D,3D,4D,12D,13D. The summed E-state index contributed by atoms with van der Waals surface area (Å²) in [7, 11) is 0. The first-order valence-corrected chi connectivity index (χ1v) is 17.4. The maximum Gasteiger partial charge on any atom is 0.164 e. The zero-order valence-electron chi connectivity index (χ0n) is 31.7. The van der Waals surface area contributed by atoms with Gasteiger partial charge in [-0.3, -0.25) is 0 Å². The van der Waals surface area contributed by atoms with Gasteiger partial charge in [0.2, 0.25) is 0 Å². The van der Waals surface area contributed by atoms with Gasteiger partial charge in [-0.15, -0.1) is 11.3 Å². The van der Waals surface area contributed by atoms with Crippen LogP contribution in [0.25, 0.3) is 104 Å². The summed E-state index contributed by atoms with van der Waals surface area (Å²) >= 11 is 1.80. The van der Waals surface area contributed by atoms with Crippen molar-refractivity contribution in [3.8, 4) is 39.9 Å². The lowest BCUT2D eigenvalue weighted by molar-refractivity contribution is 0.669. The molecule has 0 atom stereocenters. The van der Waals surface area contributed by atoms with Crippen LogP contribution in [-0.2, 0) is 0 Å². The molecule has 0 N–H and O–H groups in total. The smallest absolute Gasteiger partial charge is 0.164 e. The summed E-state index contributed by atoms with van der Waals surface area (Å²) in [6.07, 6.45) is 0. The van der Waals surface area contributed by atoms with Crippen LogP contribution in [0.3, 0.4) is 0 Å². The minimum atomic E-state index is -0.481. The zero-order chi connectivity index (χ0) is 37.8. The third-order valence-corrected chi connectivity index (χ3v) is 10.7. The van der Waals surface area contributed by atoms with Crippen molar-refractivity contribution in [3.63, 3.8) is 0 Å². The van der Waals surface area contributed by atoms with E-state index in [1.165, 1.54) is 30.9 Å². The number of aromatic nitrogens is 4. The van der Waals surface area contributed by atoms with Crippen molar-refractivity contribution in [2.75, 3.05) is 0 Å². The second kappa shape index (κ2) is 10.9. The van der Waals surface area contributed by atoms with Crippen LogP contribution in [0.1, 0.15) is 6.85 Å². The summed E-state index contributed by atoms with van der Waals surface area (Å²) in [6, 6.07) is 40.7. The molecule has 5 nitrogen and oxygen atoms in total. The van der Waals surface area contributed by atoms with E-state index in [-0.39, 0.29) is 29.3 Å². The first-order chi connectivity index (χ1) is 27.4. The molecular weight excluding hydrogens is 645 g/mol. The Morgan fingerprint density at radius 3 is 2.10 bits per heavy atom. The Morgan fingerprint density at radius 2 is 1.24 bits per heavy atom. The van der Waals surface area contributed by atoms with Crippen molar-refractivity contribution in [1.82, 2.24) is 19.5 Å². The molecule has 0 unspecified atom stereocenters. The van der Waals surface area contributed by atoms with Crippen molar-refractivity contribution in [2.24, 2.45) is 0 Å². The molecular formula is C45H26N4OS. The Balaban J connectivity index is 1.15. The van der Waals surface area contributed by atoms with Gasteiger partial charge >= 0.3 is 0 Å². The lowest BCUT2D eigenvalue weighted by Gasteiger charge is -2.11. The van der Waals surface area contributed by atoms with Gasteiger partial charge in [-0.2, -0.15) is 0 Å². The molecule has 11 aromatic rings. The minimum Gasteiger partial charge on any atom is -0.456 e. The normalized spacial score (nSPS) is 13.3. The van der Waals surface area contributed by atoms with Gasteiger partial charge in [0.25, 0.3) is 0 Å². The van der Waals surface area contributed by atoms with E-state index < -0.39 is 18.1 Å². The molecule has 238 valence electrons. The van der Waals surface area contributed by atoms with Gasteiger partial charge < -0.3 is 8.98 Å². The van der Waals surface area contributed by atoms with E-state index in [1.807, 2.05) is 60.7 Å². The summed E-state index contributed by atoms with van der Waals surface area (Å²) in [6.45, 7) is 0. The number of para-hydroxylation sites is 1. The lowest BCUT2D eigenvalue weighted by atomic mass is 10.1. The maximum atomic E-state index is 8.66. The highest BCUT2D eigenvalue weighted by Gasteiger charge is 2.22. The molecule has 0 saturated heterocycles. The van der Waals surface area contributed by atoms with E-state index in [0.717, 1.165) is 33.1 Å².